The molecule has 7 rings (SSSR count). The lowest BCUT2D eigenvalue weighted by atomic mass is 9.85. The van der Waals surface area contributed by atoms with Crippen molar-refractivity contribution in [1.82, 2.24) is 0 Å². The molecule has 0 aliphatic rings. The van der Waals surface area contributed by atoms with Crippen LogP contribution in [0.4, 0.5) is 17.1 Å². The minimum absolute atomic E-state index is 0.258. The number of ether oxygens (including phenoxy) is 4. The maximum atomic E-state index is 11.4. The number of fused-ring (bicyclic) bond motifs is 2. The third-order valence-corrected chi connectivity index (χ3v) is 9.87. The molecule has 7 heteroatoms. The van der Waals surface area contributed by atoms with Crippen molar-refractivity contribution in [2.24, 2.45) is 0 Å². The van der Waals surface area contributed by atoms with Crippen LogP contribution in [0.1, 0.15) is 18.4 Å². The number of carbonyl (C=O) groups excluding carboxylic acids is 2. The van der Waals surface area contributed by atoms with Crippen LogP contribution in [0.2, 0.25) is 0 Å². The maximum Gasteiger partial charge on any atom is 0.330 e. The third kappa shape index (κ3) is 8.95. The van der Waals surface area contributed by atoms with Crippen LogP contribution in [0.25, 0.3) is 43.8 Å². The lowest BCUT2D eigenvalue weighted by Crippen LogP contribution is -2.11. The molecule has 0 atom stereocenters. The van der Waals surface area contributed by atoms with Gasteiger partial charge in [-0.1, -0.05) is 98.1 Å². The van der Waals surface area contributed by atoms with Gasteiger partial charge in [-0.25, -0.2) is 9.59 Å². The Labute approximate surface area is 339 Å². The first-order chi connectivity index (χ1) is 28.4. The summed E-state index contributed by atoms with van der Waals surface area (Å²) in [6, 6.07) is 50.7. The van der Waals surface area contributed by atoms with Crippen LogP contribution in [0.5, 0.6) is 11.5 Å². The van der Waals surface area contributed by atoms with Crippen molar-refractivity contribution >= 4 is 50.5 Å². The molecule has 7 aromatic carbocycles. The summed E-state index contributed by atoms with van der Waals surface area (Å²) in [6.45, 7) is 10.4. The summed E-state index contributed by atoms with van der Waals surface area (Å²) in [5.41, 5.74) is 8.77. The molecule has 0 N–H and O–H groups in total. The zero-order chi connectivity index (χ0) is 40.3. The zero-order valence-electron chi connectivity index (χ0n) is 32.6. The van der Waals surface area contributed by atoms with Crippen LogP contribution in [0, 0.1) is 6.92 Å². The predicted octanol–water partition coefficient (Wildman–Crippen LogP) is 12.1. The van der Waals surface area contributed by atoms with Crippen molar-refractivity contribution in [2.75, 3.05) is 31.3 Å². The molecule has 0 saturated heterocycles. The summed E-state index contributed by atoms with van der Waals surface area (Å²) in [5.74, 6) is 0.533. The number of benzene rings is 7. The van der Waals surface area contributed by atoms with Crippen molar-refractivity contribution in [3.8, 4) is 33.8 Å². The van der Waals surface area contributed by atoms with Crippen LogP contribution in [-0.4, -0.2) is 38.4 Å². The number of rotatable bonds is 17. The second kappa shape index (κ2) is 18.7. The minimum Gasteiger partial charge on any atom is -0.493 e. The molecule has 7 nitrogen and oxygen atoms in total. The number of esters is 2. The minimum atomic E-state index is -0.444. The Morgan fingerprint density at radius 1 is 0.517 bits per heavy atom. The smallest absolute Gasteiger partial charge is 0.330 e. The van der Waals surface area contributed by atoms with E-state index in [1.807, 2.05) is 48.5 Å². The average molecular weight is 768 g/mol. The van der Waals surface area contributed by atoms with Crippen LogP contribution in [0.3, 0.4) is 0 Å². The van der Waals surface area contributed by atoms with Crippen LogP contribution in [-0.2, 0) is 19.1 Å². The standard InChI is InChI=1S/C51H45NO6/c1-4-48(53)57-33-13-31-55-41-27-23-38(24-28-41)52(39-25-29-42(30-26-39)56-32-14-34-58-49(54)5-2)40-22-21-36(3)47(35-40)51-45-19-11-9-17-43(45)50(37-15-7-6-8-16-37)44-18-10-12-20-46(44)51/h4-12,15-30,35H,1-2,13-14,31-34H2,3H3. The summed E-state index contributed by atoms with van der Waals surface area (Å²) < 4.78 is 22.1. The molecule has 0 saturated carbocycles. The molecule has 290 valence electrons. The second-order valence-electron chi connectivity index (χ2n) is 13.7. The Morgan fingerprint density at radius 2 is 0.948 bits per heavy atom. The first kappa shape index (κ1) is 39.1. The number of nitrogens with zero attached hydrogens (tertiary/aromatic N) is 1. The van der Waals surface area contributed by atoms with Gasteiger partial charge < -0.3 is 23.8 Å². The highest BCUT2D eigenvalue weighted by Gasteiger charge is 2.20. The van der Waals surface area contributed by atoms with Crippen molar-refractivity contribution in [1.29, 1.82) is 0 Å². The normalized spacial score (nSPS) is 10.8. The molecule has 0 spiro atoms. The number of carbonyl (C=O) groups is 2. The number of hydrogen-bond donors (Lipinski definition) is 0. The van der Waals surface area contributed by atoms with Gasteiger partial charge in [-0.05, 0) is 117 Å². The molecule has 7 aromatic rings. The van der Waals surface area contributed by atoms with E-state index in [9.17, 15) is 9.59 Å². The van der Waals surface area contributed by atoms with E-state index in [0.29, 0.717) is 37.6 Å². The quantitative estimate of drug-likeness (QED) is 0.0395. The molecule has 0 radical (unpaired) electrons. The van der Waals surface area contributed by atoms with Gasteiger partial charge in [-0.15, -0.1) is 0 Å². The Morgan fingerprint density at radius 3 is 1.41 bits per heavy atom. The summed E-state index contributed by atoms with van der Waals surface area (Å²) in [6.07, 6.45) is 3.43. The van der Waals surface area contributed by atoms with Crippen molar-refractivity contribution in [3.63, 3.8) is 0 Å². The predicted molar refractivity (Wildman–Crippen MR) is 234 cm³/mol. The van der Waals surface area contributed by atoms with E-state index in [0.717, 1.165) is 40.3 Å². The molecular weight excluding hydrogens is 723 g/mol. The fourth-order valence-electron chi connectivity index (χ4n) is 7.14. The Balaban J connectivity index is 1.26. The molecule has 0 unspecified atom stereocenters. The van der Waals surface area contributed by atoms with E-state index in [1.165, 1.54) is 38.2 Å². The summed E-state index contributed by atoms with van der Waals surface area (Å²) in [5, 5.41) is 4.78. The zero-order valence-corrected chi connectivity index (χ0v) is 32.6. The van der Waals surface area contributed by atoms with E-state index in [-0.39, 0.29) is 13.2 Å². The molecule has 0 aliphatic heterocycles. The lowest BCUT2D eigenvalue weighted by molar-refractivity contribution is -0.138. The number of aryl methyl sites for hydroxylation is 1. The topological polar surface area (TPSA) is 74.3 Å². The molecule has 0 fully saturated rings. The molecule has 0 aromatic heterocycles. The SMILES string of the molecule is C=CC(=O)OCCCOc1ccc(N(c2ccc(OCCCOC(=O)C=C)cc2)c2ccc(C)c(-c3c4ccccc4c(-c4ccccc4)c4ccccc34)c2)cc1. The molecule has 0 amide bonds. The Kier molecular flexibility index (Phi) is 12.6. The van der Waals surface area contributed by atoms with Gasteiger partial charge >= 0.3 is 11.9 Å². The van der Waals surface area contributed by atoms with Gasteiger partial charge in [0.15, 0.2) is 0 Å². The highest BCUT2D eigenvalue weighted by molar-refractivity contribution is 6.21. The van der Waals surface area contributed by atoms with Gasteiger partial charge in [0.05, 0.1) is 26.4 Å². The van der Waals surface area contributed by atoms with E-state index >= 15 is 0 Å². The van der Waals surface area contributed by atoms with Gasteiger partial charge in [0, 0.05) is 42.1 Å². The van der Waals surface area contributed by atoms with Crippen molar-refractivity contribution in [2.45, 2.75) is 19.8 Å². The van der Waals surface area contributed by atoms with Crippen molar-refractivity contribution < 1.29 is 28.5 Å². The van der Waals surface area contributed by atoms with E-state index in [4.69, 9.17) is 18.9 Å². The lowest BCUT2D eigenvalue weighted by Gasteiger charge is -2.27. The van der Waals surface area contributed by atoms with E-state index in [2.05, 4.69) is 122 Å². The van der Waals surface area contributed by atoms with Gasteiger partial charge in [0.25, 0.3) is 0 Å². The second-order valence-corrected chi connectivity index (χ2v) is 13.7. The van der Waals surface area contributed by atoms with E-state index < -0.39 is 11.9 Å². The highest BCUT2D eigenvalue weighted by Crippen LogP contribution is 2.46. The van der Waals surface area contributed by atoms with Gasteiger partial charge in [0.1, 0.15) is 11.5 Å². The average Bonchev–Trinajstić information content (AvgIpc) is 3.27. The molecule has 0 bridgehead atoms. The summed E-state index contributed by atoms with van der Waals surface area (Å²) in [7, 11) is 0. The summed E-state index contributed by atoms with van der Waals surface area (Å²) >= 11 is 0. The Hall–Kier alpha value is -7.12. The molecule has 0 heterocycles. The fourth-order valence-corrected chi connectivity index (χ4v) is 7.14. The van der Waals surface area contributed by atoms with Gasteiger partial charge in [-0.3, -0.25) is 0 Å². The number of hydrogen-bond acceptors (Lipinski definition) is 7. The van der Waals surface area contributed by atoms with Gasteiger partial charge in [-0.2, -0.15) is 0 Å². The number of anilines is 3. The van der Waals surface area contributed by atoms with Crippen LogP contribution >= 0.6 is 0 Å². The first-order valence-corrected chi connectivity index (χ1v) is 19.4. The molecule has 58 heavy (non-hydrogen) atoms. The van der Waals surface area contributed by atoms with Crippen molar-refractivity contribution in [3.05, 3.63) is 176 Å². The van der Waals surface area contributed by atoms with E-state index in [1.54, 1.807) is 0 Å². The van der Waals surface area contributed by atoms with Gasteiger partial charge in [0.2, 0.25) is 0 Å². The highest BCUT2D eigenvalue weighted by atomic mass is 16.5. The largest absolute Gasteiger partial charge is 0.493 e. The van der Waals surface area contributed by atoms with Crippen LogP contribution < -0.4 is 14.4 Å². The summed E-state index contributed by atoms with van der Waals surface area (Å²) in [4.78, 5) is 25.0. The first-order valence-electron chi connectivity index (χ1n) is 19.4. The molecule has 0 aliphatic carbocycles. The maximum absolute atomic E-state index is 11.4. The molecular formula is C51H45NO6. The van der Waals surface area contributed by atoms with Crippen LogP contribution in [0.15, 0.2) is 171 Å². The fraction of sp³-hybridized carbons (Fsp3) is 0.137. The Bertz CT molecular complexity index is 2410. The monoisotopic (exact) mass is 767 g/mol. The third-order valence-electron chi connectivity index (χ3n) is 9.87.